The van der Waals surface area contributed by atoms with Crippen molar-refractivity contribution in [1.29, 1.82) is 0 Å². The Labute approximate surface area is 158 Å². The molecule has 1 saturated heterocycles. The highest BCUT2D eigenvalue weighted by Gasteiger charge is 2.49. The number of carbonyl (C=O) groups is 3. The molecule has 0 aliphatic carbocycles. The van der Waals surface area contributed by atoms with Gasteiger partial charge >= 0.3 is 6.03 Å². The van der Waals surface area contributed by atoms with Crippen LogP contribution < -0.4 is 10.6 Å². The molecule has 1 fully saturated rings. The van der Waals surface area contributed by atoms with Crippen molar-refractivity contribution in [1.82, 2.24) is 15.5 Å². The summed E-state index contributed by atoms with van der Waals surface area (Å²) in [6.45, 7) is 5.37. The third-order valence-corrected chi connectivity index (χ3v) is 5.25. The Balaban J connectivity index is 1.82. The number of fused-ring (bicyclic) bond motifs is 1. The molecule has 0 aromatic heterocycles. The van der Waals surface area contributed by atoms with Gasteiger partial charge in [-0.2, -0.15) is 0 Å². The average molecular weight is 367 g/mol. The molecule has 3 rings (SSSR count). The second-order valence-corrected chi connectivity index (χ2v) is 7.09. The topological polar surface area (TPSA) is 78.5 Å². The van der Waals surface area contributed by atoms with Gasteiger partial charge in [0.05, 0.1) is 0 Å². The second kappa shape index (κ2) is 7.39. The minimum atomic E-state index is -1.18. The lowest BCUT2D eigenvalue weighted by Crippen LogP contribution is -2.45. The number of benzene rings is 2. The number of carbonyl (C=O) groups excluding carboxylic acids is 3. The van der Waals surface area contributed by atoms with Gasteiger partial charge in [0.25, 0.3) is 5.91 Å². The second-order valence-electron chi connectivity index (χ2n) is 7.09. The fraction of sp³-hybridized carbons (Fsp3) is 0.381. The predicted octanol–water partition coefficient (Wildman–Crippen LogP) is 2.91. The summed E-state index contributed by atoms with van der Waals surface area (Å²) in [6.07, 6.45) is 1.61. The fourth-order valence-electron chi connectivity index (χ4n) is 3.45. The lowest BCUT2D eigenvalue weighted by Gasteiger charge is -2.23. The molecule has 2 aromatic rings. The highest BCUT2D eigenvalue weighted by molar-refractivity contribution is 6.09. The number of hydrogen-bond donors (Lipinski definition) is 2. The first-order valence-electron chi connectivity index (χ1n) is 9.31. The molecule has 1 heterocycles. The number of nitrogens with one attached hydrogen (secondary N) is 2. The Morgan fingerprint density at radius 3 is 2.44 bits per heavy atom. The van der Waals surface area contributed by atoms with Crippen LogP contribution in [-0.2, 0) is 15.1 Å². The van der Waals surface area contributed by atoms with Crippen LogP contribution in [0, 0.1) is 0 Å². The van der Waals surface area contributed by atoms with Gasteiger partial charge in [-0.05, 0) is 42.2 Å². The Morgan fingerprint density at radius 2 is 1.78 bits per heavy atom. The van der Waals surface area contributed by atoms with Crippen molar-refractivity contribution in [3.63, 3.8) is 0 Å². The normalized spacial score (nSPS) is 19.6. The van der Waals surface area contributed by atoms with E-state index in [4.69, 9.17) is 0 Å². The molecule has 1 aliphatic heterocycles. The zero-order chi connectivity index (χ0) is 19.6. The van der Waals surface area contributed by atoms with Crippen LogP contribution in [0.25, 0.3) is 10.8 Å². The Hall–Kier alpha value is -2.89. The predicted molar refractivity (Wildman–Crippen MR) is 104 cm³/mol. The largest absolute Gasteiger partial charge is 0.352 e. The average Bonchev–Trinajstić information content (AvgIpc) is 2.89. The summed E-state index contributed by atoms with van der Waals surface area (Å²) in [4.78, 5) is 38.7. The van der Waals surface area contributed by atoms with E-state index in [-0.39, 0.29) is 18.5 Å². The Morgan fingerprint density at radius 1 is 1.11 bits per heavy atom. The first kappa shape index (κ1) is 18.9. The summed E-state index contributed by atoms with van der Waals surface area (Å²) < 4.78 is 0. The van der Waals surface area contributed by atoms with Crippen molar-refractivity contribution in [3.05, 3.63) is 48.0 Å². The quantitative estimate of drug-likeness (QED) is 0.771. The molecule has 1 aliphatic rings. The molecule has 0 bridgehead atoms. The van der Waals surface area contributed by atoms with E-state index in [9.17, 15) is 14.4 Å². The molecule has 0 spiro atoms. The van der Waals surface area contributed by atoms with Gasteiger partial charge in [0, 0.05) is 6.04 Å². The lowest BCUT2D eigenvalue weighted by atomic mass is 9.90. The Bertz CT molecular complexity index is 891. The van der Waals surface area contributed by atoms with Crippen molar-refractivity contribution in [2.45, 2.75) is 45.2 Å². The minimum Gasteiger partial charge on any atom is -0.352 e. The third-order valence-electron chi connectivity index (χ3n) is 5.25. The van der Waals surface area contributed by atoms with Crippen LogP contribution in [0.2, 0.25) is 0 Å². The molecule has 0 saturated carbocycles. The van der Waals surface area contributed by atoms with Gasteiger partial charge in [0.1, 0.15) is 12.1 Å². The standard InChI is InChI=1S/C21H25N3O3/c1-4-17(5-2)22-18(25)13-24-19(26)21(3,23-20(24)27)16-11-10-14-8-6-7-9-15(14)12-16/h6-12,17H,4-5,13H2,1-3H3,(H,22,25)(H,23,27)/t21-/m0/s1. The molecule has 6 heteroatoms. The highest BCUT2D eigenvalue weighted by atomic mass is 16.2. The first-order chi connectivity index (χ1) is 12.9. The number of hydrogen-bond acceptors (Lipinski definition) is 3. The molecule has 1 atom stereocenters. The maximum atomic E-state index is 13.0. The maximum absolute atomic E-state index is 13.0. The lowest BCUT2D eigenvalue weighted by molar-refractivity contribution is -0.135. The molecular weight excluding hydrogens is 342 g/mol. The van der Waals surface area contributed by atoms with Gasteiger partial charge in [-0.25, -0.2) is 4.79 Å². The maximum Gasteiger partial charge on any atom is 0.325 e. The molecule has 2 aromatic carbocycles. The van der Waals surface area contributed by atoms with Crippen LogP contribution in [0.1, 0.15) is 39.2 Å². The smallest absolute Gasteiger partial charge is 0.325 e. The van der Waals surface area contributed by atoms with Crippen LogP contribution in [0.3, 0.4) is 0 Å². The van der Waals surface area contributed by atoms with E-state index < -0.39 is 17.5 Å². The monoisotopic (exact) mass is 367 g/mol. The summed E-state index contributed by atoms with van der Waals surface area (Å²) in [5.74, 6) is -0.738. The van der Waals surface area contributed by atoms with E-state index in [2.05, 4.69) is 10.6 Å². The van der Waals surface area contributed by atoms with Crippen LogP contribution in [-0.4, -0.2) is 35.3 Å². The van der Waals surface area contributed by atoms with E-state index in [1.165, 1.54) is 0 Å². The van der Waals surface area contributed by atoms with Gasteiger partial charge in [-0.15, -0.1) is 0 Å². The first-order valence-corrected chi connectivity index (χ1v) is 9.31. The number of rotatable bonds is 6. The van der Waals surface area contributed by atoms with Crippen LogP contribution in [0.5, 0.6) is 0 Å². The molecule has 2 N–H and O–H groups in total. The van der Waals surface area contributed by atoms with E-state index >= 15 is 0 Å². The number of nitrogens with zero attached hydrogens (tertiary/aromatic N) is 1. The summed E-state index contributed by atoms with van der Waals surface area (Å²) in [5.41, 5.74) is -0.488. The highest BCUT2D eigenvalue weighted by Crippen LogP contribution is 2.30. The molecule has 0 unspecified atom stereocenters. The molecule has 27 heavy (non-hydrogen) atoms. The number of imide groups is 1. The van der Waals surface area contributed by atoms with Crippen LogP contribution in [0.4, 0.5) is 4.79 Å². The molecule has 6 nitrogen and oxygen atoms in total. The zero-order valence-corrected chi connectivity index (χ0v) is 15.9. The van der Waals surface area contributed by atoms with Crippen LogP contribution >= 0.6 is 0 Å². The fourth-order valence-corrected chi connectivity index (χ4v) is 3.45. The molecule has 4 amide bonds. The van der Waals surface area contributed by atoms with E-state index in [0.717, 1.165) is 28.5 Å². The van der Waals surface area contributed by atoms with Gasteiger partial charge in [-0.1, -0.05) is 50.2 Å². The van der Waals surface area contributed by atoms with Gasteiger partial charge in [0.15, 0.2) is 0 Å². The van der Waals surface area contributed by atoms with Crippen molar-refractivity contribution in [3.8, 4) is 0 Å². The summed E-state index contributed by atoms with van der Waals surface area (Å²) in [7, 11) is 0. The van der Waals surface area contributed by atoms with E-state index in [1.54, 1.807) is 6.92 Å². The summed E-state index contributed by atoms with van der Waals surface area (Å²) in [6, 6.07) is 13.0. The SMILES string of the molecule is CCC(CC)NC(=O)CN1C(=O)N[C@@](C)(c2ccc3ccccc3c2)C1=O. The number of amides is 4. The zero-order valence-electron chi connectivity index (χ0n) is 15.9. The van der Waals surface area contributed by atoms with Gasteiger partial charge in [0.2, 0.25) is 5.91 Å². The van der Waals surface area contributed by atoms with Crippen molar-refractivity contribution in [2.24, 2.45) is 0 Å². The van der Waals surface area contributed by atoms with Gasteiger partial charge in [-0.3, -0.25) is 14.5 Å². The van der Waals surface area contributed by atoms with Crippen molar-refractivity contribution < 1.29 is 14.4 Å². The van der Waals surface area contributed by atoms with Crippen molar-refractivity contribution in [2.75, 3.05) is 6.54 Å². The molecule has 142 valence electrons. The van der Waals surface area contributed by atoms with Gasteiger partial charge < -0.3 is 10.6 Å². The summed E-state index contributed by atoms with van der Waals surface area (Å²) >= 11 is 0. The van der Waals surface area contributed by atoms with Crippen LogP contribution in [0.15, 0.2) is 42.5 Å². The molecule has 0 radical (unpaired) electrons. The molecular formula is C21H25N3O3. The minimum absolute atomic E-state index is 0.0464. The Kier molecular flexibility index (Phi) is 5.17. The summed E-state index contributed by atoms with van der Waals surface area (Å²) in [5, 5.41) is 7.67. The van der Waals surface area contributed by atoms with Crippen molar-refractivity contribution >= 4 is 28.6 Å². The van der Waals surface area contributed by atoms with E-state index in [1.807, 2.05) is 56.3 Å². The number of urea groups is 1. The third kappa shape index (κ3) is 3.52. The van der Waals surface area contributed by atoms with E-state index in [0.29, 0.717) is 5.56 Å².